The fourth-order valence-corrected chi connectivity index (χ4v) is 2.44. The Labute approximate surface area is 149 Å². The van der Waals surface area contributed by atoms with Crippen LogP contribution in [0.1, 0.15) is 18.1 Å². The van der Waals surface area contributed by atoms with Gasteiger partial charge in [0.05, 0.1) is 24.8 Å². The molecule has 0 radical (unpaired) electrons. The van der Waals surface area contributed by atoms with Gasteiger partial charge >= 0.3 is 6.09 Å². The third kappa shape index (κ3) is 5.28. The van der Waals surface area contributed by atoms with Crippen LogP contribution in [0, 0.1) is 11.3 Å². The molecule has 0 spiro atoms. The van der Waals surface area contributed by atoms with Crippen LogP contribution in [0.2, 0.25) is 0 Å². The quantitative estimate of drug-likeness (QED) is 0.789. The molecule has 0 heterocycles. The highest BCUT2D eigenvalue weighted by Crippen LogP contribution is 2.24. The molecule has 0 bridgehead atoms. The van der Waals surface area contributed by atoms with E-state index in [0.29, 0.717) is 24.3 Å². The fourth-order valence-electron chi connectivity index (χ4n) is 2.10. The van der Waals surface area contributed by atoms with Crippen molar-refractivity contribution in [3.05, 3.63) is 58.1 Å². The van der Waals surface area contributed by atoms with Crippen LogP contribution in [0.3, 0.4) is 0 Å². The smallest absolute Gasteiger partial charge is 0.411 e. The van der Waals surface area contributed by atoms with E-state index >= 15 is 0 Å². The third-order valence-corrected chi connectivity index (χ3v) is 3.66. The Morgan fingerprint density at radius 1 is 1.29 bits per heavy atom. The van der Waals surface area contributed by atoms with Gasteiger partial charge in [0.1, 0.15) is 5.75 Å². The molecule has 2 rings (SSSR count). The van der Waals surface area contributed by atoms with E-state index in [-0.39, 0.29) is 6.61 Å². The number of carbonyl (C=O) groups is 1. The normalized spacial score (nSPS) is 9.88. The number of ether oxygens (including phenoxy) is 2. The Balaban J connectivity index is 1.87. The van der Waals surface area contributed by atoms with Crippen molar-refractivity contribution in [1.29, 1.82) is 5.26 Å². The summed E-state index contributed by atoms with van der Waals surface area (Å²) in [6.45, 7) is 2.72. The van der Waals surface area contributed by atoms with Gasteiger partial charge in [-0.25, -0.2) is 4.79 Å². The average Bonchev–Trinajstić information content (AvgIpc) is 2.57. The maximum Gasteiger partial charge on any atom is 0.411 e. The number of nitrogens with zero attached hydrogens (tertiary/aromatic N) is 1. The maximum atomic E-state index is 11.8. The Morgan fingerprint density at radius 2 is 2.12 bits per heavy atom. The largest absolute Gasteiger partial charge is 0.494 e. The van der Waals surface area contributed by atoms with Crippen molar-refractivity contribution in [3.8, 4) is 11.8 Å². The predicted octanol–water partition coefficient (Wildman–Crippen LogP) is 4.51. The number of halogens is 1. The van der Waals surface area contributed by atoms with Crippen molar-refractivity contribution >= 4 is 27.7 Å². The molecule has 2 aromatic carbocycles. The number of hydrogen-bond donors (Lipinski definition) is 1. The van der Waals surface area contributed by atoms with E-state index in [9.17, 15) is 4.79 Å². The second-order valence-corrected chi connectivity index (χ2v) is 5.80. The van der Waals surface area contributed by atoms with Crippen LogP contribution in [0.25, 0.3) is 0 Å². The Morgan fingerprint density at radius 3 is 2.88 bits per heavy atom. The zero-order chi connectivity index (χ0) is 17.4. The summed E-state index contributed by atoms with van der Waals surface area (Å²) >= 11 is 3.41. The summed E-state index contributed by atoms with van der Waals surface area (Å²) in [5.74, 6) is 0.776. The van der Waals surface area contributed by atoms with Gasteiger partial charge in [-0.1, -0.05) is 28.1 Å². The molecule has 5 nitrogen and oxygen atoms in total. The molecule has 0 atom stereocenters. The van der Waals surface area contributed by atoms with Crippen LogP contribution in [0.5, 0.6) is 5.75 Å². The van der Waals surface area contributed by atoms with E-state index in [1.807, 2.05) is 31.2 Å². The highest BCUT2D eigenvalue weighted by Gasteiger charge is 2.07. The molecule has 6 heteroatoms. The molecule has 0 saturated heterocycles. The molecule has 0 unspecified atom stereocenters. The minimum atomic E-state index is -0.555. The van der Waals surface area contributed by atoms with Gasteiger partial charge in [-0.05, 0) is 42.8 Å². The van der Waals surface area contributed by atoms with Crippen LogP contribution in [-0.4, -0.2) is 19.3 Å². The first kappa shape index (κ1) is 17.8. The summed E-state index contributed by atoms with van der Waals surface area (Å²) in [6, 6.07) is 14.4. The van der Waals surface area contributed by atoms with Crippen LogP contribution >= 0.6 is 15.9 Å². The van der Waals surface area contributed by atoms with Crippen LogP contribution in [-0.2, 0) is 11.2 Å². The minimum absolute atomic E-state index is 0.228. The SMILES string of the molecule is CCOc1cc(Br)ccc1CCOC(=O)Nc1cccc(C#N)c1. The lowest BCUT2D eigenvalue weighted by Gasteiger charge is -2.11. The van der Waals surface area contributed by atoms with Crippen molar-refractivity contribution in [2.45, 2.75) is 13.3 Å². The van der Waals surface area contributed by atoms with Gasteiger partial charge in [0.25, 0.3) is 0 Å². The standard InChI is InChI=1S/C18H17BrN2O3/c1-2-23-17-11-15(19)7-6-14(17)8-9-24-18(22)21-16-5-3-4-13(10-16)12-20/h3-7,10-11H,2,8-9H2,1H3,(H,21,22). The highest BCUT2D eigenvalue weighted by atomic mass is 79.9. The zero-order valence-electron chi connectivity index (χ0n) is 13.2. The molecule has 0 saturated carbocycles. The average molecular weight is 389 g/mol. The topological polar surface area (TPSA) is 71.3 Å². The molecule has 2 aromatic rings. The summed E-state index contributed by atoms with van der Waals surface area (Å²) < 4.78 is 11.7. The van der Waals surface area contributed by atoms with Crippen LogP contribution in [0.15, 0.2) is 46.9 Å². The van der Waals surface area contributed by atoms with Crippen LogP contribution in [0.4, 0.5) is 10.5 Å². The number of amides is 1. The van der Waals surface area contributed by atoms with Crippen molar-refractivity contribution in [1.82, 2.24) is 0 Å². The van der Waals surface area contributed by atoms with Crippen molar-refractivity contribution in [3.63, 3.8) is 0 Å². The van der Waals surface area contributed by atoms with E-state index in [1.165, 1.54) is 0 Å². The van der Waals surface area contributed by atoms with Crippen molar-refractivity contribution in [2.24, 2.45) is 0 Å². The summed E-state index contributed by atoms with van der Waals surface area (Å²) in [5.41, 5.74) is 1.97. The van der Waals surface area contributed by atoms with Crippen LogP contribution < -0.4 is 10.1 Å². The molecule has 124 valence electrons. The van der Waals surface area contributed by atoms with Gasteiger partial charge in [0, 0.05) is 16.6 Å². The highest BCUT2D eigenvalue weighted by molar-refractivity contribution is 9.10. The molecule has 1 N–H and O–H groups in total. The Bertz CT molecular complexity index is 756. The summed E-state index contributed by atoms with van der Waals surface area (Å²) in [4.78, 5) is 11.8. The number of hydrogen-bond acceptors (Lipinski definition) is 4. The van der Waals surface area contributed by atoms with Crippen molar-refractivity contribution < 1.29 is 14.3 Å². The first-order valence-corrected chi connectivity index (χ1v) is 8.27. The van der Waals surface area contributed by atoms with Gasteiger partial charge < -0.3 is 9.47 Å². The second-order valence-electron chi connectivity index (χ2n) is 4.89. The second kappa shape index (κ2) is 8.94. The minimum Gasteiger partial charge on any atom is -0.494 e. The number of carbonyl (C=O) groups excluding carboxylic acids is 1. The predicted molar refractivity (Wildman–Crippen MR) is 95.1 cm³/mol. The molecule has 0 aromatic heterocycles. The van der Waals surface area contributed by atoms with Gasteiger partial charge in [-0.2, -0.15) is 5.26 Å². The van der Waals surface area contributed by atoms with Gasteiger partial charge in [-0.3, -0.25) is 5.32 Å². The van der Waals surface area contributed by atoms with Gasteiger partial charge in [-0.15, -0.1) is 0 Å². The summed E-state index contributed by atoms with van der Waals surface area (Å²) in [5, 5.41) is 11.4. The molecule has 0 aliphatic heterocycles. The molecule has 1 amide bonds. The number of benzene rings is 2. The van der Waals surface area contributed by atoms with E-state index in [2.05, 4.69) is 21.2 Å². The maximum absolute atomic E-state index is 11.8. The Kier molecular flexibility index (Phi) is 6.64. The lowest BCUT2D eigenvalue weighted by molar-refractivity contribution is 0.162. The van der Waals surface area contributed by atoms with Gasteiger partial charge in [0.2, 0.25) is 0 Å². The monoisotopic (exact) mass is 388 g/mol. The summed E-state index contributed by atoms with van der Waals surface area (Å²) in [6.07, 6.45) is -0.00554. The molecule has 0 fully saturated rings. The molecule has 0 aliphatic carbocycles. The van der Waals surface area contributed by atoms with E-state index < -0.39 is 6.09 Å². The molecule has 0 aliphatic rings. The fraction of sp³-hybridized carbons (Fsp3) is 0.222. The number of nitrogens with one attached hydrogen (secondary N) is 1. The van der Waals surface area contributed by atoms with Gasteiger partial charge in [0.15, 0.2) is 0 Å². The number of nitriles is 1. The lowest BCUT2D eigenvalue weighted by atomic mass is 10.1. The first-order valence-electron chi connectivity index (χ1n) is 7.47. The molecular formula is C18H17BrN2O3. The van der Waals surface area contributed by atoms with E-state index in [4.69, 9.17) is 14.7 Å². The third-order valence-electron chi connectivity index (χ3n) is 3.17. The summed E-state index contributed by atoms with van der Waals surface area (Å²) in [7, 11) is 0. The lowest BCUT2D eigenvalue weighted by Crippen LogP contribution is -2.15. The number of anilines is 1. The first-order chi connectivity index (χ1) is 11.6. The zero-order valence-corrected chi connectivity index (χ0v) is 14.8. The number of rotatable bonds is 6. The van der Waals surface area contributed by atoms with E-state index in [1.54, 1.807) is 24.3 Å². The molecular weight excluding hydrogens is 372 g/mol. The van der Waals surface area contributed by atoms with Crippen molar-refractivity contribution in [2.75, 3.05) is 18.5 Å². The Hall–Kier alpha value is -2.52. The van der Waals surface area contributed by atoms with E-state index in [0.717, 1.165) is 15.8 Å². The molecule has 24 heavy (non-hydrogen) atoms.